The van der Waals surface area contributed by atoms with Crippen LogP contribution in [0.25, 0.3) is 10.9 Å². The third kappa shape index (κ3) is 3.02. The minimum atomic E-state index is -0.833. The number of amides is 1. The van der Waals surface area contributed by atoms with Crippen molar-refractivity contribution in [3.63, 3.8) is 0 Å². The summed E-state index contributed by atoms with van der Waals surface area (Å²) < 4.78 is 1.31. The molecule has 2 N–H and O–H groups in total. The molecule has 2 aliphatic rings. The second-order valence-corrected chi connectivity index (χ2v) is 7.70. The number of aromatic amines is 1. The van der Waals surface area contributed by atoms with E-state index in [2.05, 4.69) is 5.10 Å². The van der Waals surface area contributed by atoms with E-state index in [1.54, 1.807) is 23.1 Å². The van der Waals surface area contributed by atoms with Gasteiger partial charge in [-0.1, -0.05) is 25.0 Å². The lowest BCUT2D eigenvalue weighted by Gasteiger charge is -2.40. The van der Waals surface area contributed by atoms with Crippen molar-refractivity contribution in [1.82, 2.24) is 14.7 Å². The first kappa shape index (κ1) is 16.9. The Bertz CT molecular complexity index is 911. The number of fused-ring (bicyclic) bond motifs is 1. The van der Waals surface area contributed by atoms with Crippen LogP contribution in [0.5, 0.6) is 0 Å². The summed E-state index contributed by atoms with van der Waals surface area (Å²) in [7, 11) is 0. The maximum atomic E-state index is 12.8. The number of carboxylic acid groups (broad SMARTS) is 1. The third-order valence-corrected chi connectivity index (χ3v) is 5.71. The van der Waals surface area contributed by atoms with Crippen molar-refractivity contribution in [2.24, 2.45) is 11.3 Å². The van der Waals surface area contributed by atoms with E-state index in [0.29, 0.717) is 42.6 Å². The van der Waals surface area contributed by atoms with Crippen LogP contribution in [0.15, 0.2) is 29.1 Å². The summed E-state index contributed by atoms with van der Waals surface area (Å²) in [5, 5.41) is 13.3. The Morgan fingerprint density at radius 3 is 2.73 bits per heavy atom. The first-order valence-electron chi connectivity index (χ1n) is 9.17. The number of aliphatic carboxylic acids is 1. The van der Waals surface area contributed by atoms with Crippen LogP contribution in [0.1, 0.15) is 32.1 Å². The van der Waals surface area contributed by atoms with Crippen molar-refractivity contribution < 1.29 is 14.7 Å². The second-order valence-electron chi connectivity index (χ2n) is 7.70. The van der Waals surface area contributed by atoms with Crippen LogP contribution in [0.3, 0.4) is 0 Å². The number of piperidine rings is 1. The van der Waals surface area contributed by atoms with E-state index in [1.807, 2.05) is 6.07 Å². The molecule has 2 fully saturated rings. The standard InChI is InChI=1S/C19H23N3O4/c23-16(11-22-17(24)14-4-1-2-5-15(14)20-22)21-9-3-8-19(12-21,18(25)26)10-13-6-7-13/h1-2,4-5,13,20H,3,6-12H2,(H,25,26). The number of nitrogens with zero attached hydrogens (tertiary/aromatic N) is 2. The van der Waals surface area contributed by atoms with E-state index >= 15 is 0 Å². The maximum Gasteiger partial charge on any atom is 0.311 e. The summed E-state index contributed by atoms with van der Waals surface area (Å²) in [5.41, 5.74) is -0.369. The number of aromatic nitrogens is 2. The number of rotatable bonds is 5. The molecule has 4 rings (SSSR count). The molecule has 7 heteroatoms. The molecule has 1 aromatic heterocycles. The molecule has 1 saturated carbocycles. The molecular formula is C19H23N3O4. The minimum Gasteiger partial charge on any atom is -0.481 e. The number of carbonyl (C=O) groups excluding carboxylic acids is 1. The van der Waals surface area contributed by atoms with Crippen LogP contribution >= 0.6 is 0 Å². The number of nitrogens with one attached hydrogen (secondary N) is 1. The normalized spacial score (nSPS) is 23.3. The fourth-order valence-corrected chi connectivity index (χ4v) is 4.10. The van der Waals surface area contributed by atoms with E-state index in [-0.39, 0.29) is 24.6 Å². The van der Waals surface area contributed by atoms with Crippen molar-refractivity contribution >= 4 is 22.8 Å². The molecule has 1 amide bonds. The maximum absolute atomic E-state index is 12.8. The number of H-pyrrole nitrogens is 1. The van der Waals surface area contributed by atoms with Gasteiger partial charge in [-0.3, -0.25) is 19.5 Å². The van der Waals surface area contributed by atoms with Crippen molar-refractivity contribution in [3.8, 4) is 0 Å². The molecule has 1 aliphatic carbocycles. The molecule has 1 saturated heterocycles. The quantitative estimate of drug-likeness (QED) is 0.853. The lowest BCUT2D eigenvalue weighted by Crippen LogP contribution is -2.51. The number of hydrogen-bond acceptors (Lipinski definition) is 3. The van der Waals surface area contributed by atoms with Gasteiger partial charge < -0.3 is 10.0 Å². The molecule has 1 unspecified atom stereocenters. The summed E-state index contributed by atoms with van der Waals surface area (Å²) >= 11 is 0. The SMILES string of the molecule is O=C(Cn1[nH]c2ccccc2c1=O)N1CCCC(CC2CC2)(C(=O)O)C1. The highest BCUT2D eigenvalue weighted by atomic mass is 16.4. The molecule has 138 valence electrons. The second kappa shape index (κ2) is 6.30. The molecule has 0 spiro atoms. The molecule has 0 bridgehead atoms. The van der Waals surface area contributed by atoms with Gasteiger partial charge in [0.05, 0.1) is 16.3 Å². The average Bonchev–Trinajstić information content (AvgIpc) is 3.39. The minimum absolute atomic E-state index is 0.0906. The van der Waals surface area contributed by atoms with Crippen LogP contribution in [0.4, 0.5) is 0 Å². The van der Waals surface area contributed by atoms with E-state index in [1.165, 1.54) is 4.68 Å². The number of benzene rings is 1. The van der Waals surface area contributed by atoms with Gasteiger partial charge in [0.2, 0.25) is 5.91 Å². The molecule has 1 aliphatic heterocycles. The zero-order chi connectivity index (χ0) is 18.3. The number of carboxylic acids is 1. The first-order valence-corrected chi connectivity index (χ1v) is 9.17. The lowest BCUT2D eigenvalue weighted by molar-refractivity contribution is -0.156. The van der Waals surface area contributed by atoms with E-state index < -0.39 is 11.4 Å². The summed E-state index contributed by atoms with van der Waals surface area (Å²) in [6.45, 7) is 0.701. The van der Waals surface area contributed by atoms with E-state index in [9.17, 15) is 19.5 Å². The number of para-hydroxylation sites is 1. The Hall–Kier alpha value is -2.57. The fourth-order valence-electron chi connectivity index (χ4n) is 4.10. The molecule has 7 nitrogen and oxygen atoms in total. The Kier molecular flexibility index (Phi) is 4.09. The monoisotopic (exact) mass is 357 g/mol. The molecule has 2 aromatic rings. The zero-order valence-corrected chi connectivity index (χ0v) is 14.6. The zero-order valence-electron chi connectivity index (χ0n) is 14.6. The van der Waals surface area contributed by atoms with Gasteiger partial charge in [0.25, 0.3) is 5.56 Å². The van der Waals surface area contributed by atoms with Crippen LogP contribution in [-0.2, 0) is 16.1 Å². The predicted octanol–water partition coefficient (Wildman–Crippen LogP) is 1.82. The summed E-state index contributed by atoms with van der Waals surface area (Å²) in [4.78, 5) is 38.7. The van der Waals surface area contributed by atoms with Gasteiger partial charge in [-0.15, -0.1) is 0 Å². The Balaban J connectivity index is 1.52. The van der Waals surface area contributed by atoms with Gasteiger partial charge in [-0.05, 0) is 37.3 Å². The van der Waals surface area contributed by atoms with Crippen LogP contribution in [0.2, 0.25) is 0 Å². The number of likely N-dealkylation sites (tertiary alicyclic amines) is 1. The smallest absolute Gasteiger partial charge is 0.311 e. The van der Waals surface area contributed by atoms with Gasteiger partial charge >= 0.3 is 5.97 Å². The van der Waals surface area contributed by atoms with Gasteiger partial charge in [-0.2, -0.15) is 0 Å². The summed E-state index contributed by atoms with van der Waals surface area (Å²) in [6, 6.07) is 7.13. The van der Waals surface area contributed by atoms with Crippen LogP contribution in [0, 0.1) is 11.3 Å². The predicted molar refractivity (Wildman–Crippen MR) is 95.8 cm³/mol. The highest BCUT2D eigenvalue weighted by molar-refractivity contribution is 5.81. The van der Waals surface area contributed by atoms with Gasteiger partial charge in [0, 0.05) is 13.1 Å². The van der Waals surface area contributed by atoms with Crippen LogP contribution in [-0.4, -0.2) is 44.8 Å². The molecule has 26 heavy (non-hydrogen) atoms. The fraction of sp³-hybridized carbons (Fsp3) is 0.526. The average molecular weight is 357 g/mol. The molecule has 0 radical (unpaired) electrons. The molecular weight excluding hydrogens is 334 g/mol. The molecule has 1 aromatic carbocycles. The van der Waals surface area contributed by atoms with Gasteiger partial charge in [-0.25, -0.2) is 4.68 Å². The topological polar surface area (TPSA) is 95.4 Å². The molecule has 1 atom stereocenters. The largest absolute Gasteiger partial charge is 0.481 e. The third-order valence-electron chi connectivity index (χ3n) is 5.71. The number of hydrogen-bond donors (Lipinski definition) is 2. The van der Waals surface area contributed by atoms with Gasteiger partial charge in [0.1, 0.15) is 6.54 Å². The Labute approximate surface area is 150 Å². The Morgan fingerprint density at radius 1 is 1.27 bits per heavy atom. The molecule has 2 heterocycles. The number of carbonyl (C=O) groups is 2. The van der Waals surface area contributed by atoms with Crippen molar-refractivity contribution in [2.45, 2.75) is 38.6 Å². The lowest BCUT2D eigenvalue weighted by atomic mass is 9.75. The van der Waals surface area contributed by atoms with Gasteiger partial charge in [0.15, 0.2) is 0 Å². The van der Waals surface area contributed by atoms with Crippen molar-refractivity contribution in [1.29, 1.82) is 0 Å². The van der Waals surface area contributed by atoms with Crippen LogP contribution < -0.4 is 5.56 Å². The van der Waals surface area contributed by atoms with E-state index in [0.717, 1.165) is 12.8 Å². The van der Waals surface area contributed by atoms with Crippen molar-refractivity contribution in [2.75, 3.05) is 13.1 Å². The highest BCUT2D eigenvalue weighted by Gasteiger charge is 2.46. The van der Waals surface area contributed by atoms with Crippen molar-refractivity contribution in [3.05, 3.63) is 34.6 Å². The first-order chi connectivity index (χ1) is 12.5. The summed E-state index contributed by atoms with van der Waals surface area (Å²) in [5.74, 6) is -0.526. The van der Waals surface area contributed by atoms with E-state index in [4.69, 9.17) is 0 Å². The summed E-state index contributed by atoms with van der Waals surface area (Å²) in [6.07, 6.45) is 4.14. The Morgan fingerprint density at radius 2 is 2.04 bits per heavy atom. The highest BCUT2D eigenvalue weighted by Crippen LogP contribution is 2.44.